The van der Waals surface area contributed by atoms with Crippen LogP contribution < -0.4 is 20.1 Å². The summed E-state index contributed by atoms with van der Waals surface area (Å²) in [5.41, 5.74) is 4.62. The monoisotopic (exact) mass is 370 g/mol. The standard InChI is InChI=1S/C21H26N2O4/c1-13-10-14(2)19(15(3)11-13)23-21(25)20(24)22-9-8-16-6-7-17(26-4)18(12-16)27-5/h6-7,10-12H,8-9H2,1-5H3,(H,22,24)(H,23,25). The van der Waals surface area contributed by atoms with E-state index in [1.807, 2.05) is 51.1 Å². The van der Waals surface area contributed by atoms with E-state index in [4.69, 9.17) is 9.47 Å². The molecular formula is C21H26N2O4. The molecule has 6 heteroatoms. The third-order valence-electron chi connectivity index (χ3n) is 4.27. The lowest BCUT2D eigenvalue weighted by molar-refractivity contribution is -0.136. The van der Waals surface area contributed by atoms with Crippen LogP contribution in [0.15, 0.2) is 30.3 Å². The maximum atomic E-state index is 12.2. The Morgan fingerprint density at radius 3 is 2.11 bits per heavy atom. The molecule has 144 valence electrons. The van der Waals surface area contributed by atoms with Gasteiger partial charge in [-0.15, -0.1) is 0 Å². The highest BCUT2D eigenvalue weighted by Crippen LogP contribution is 2.27. The van der Waals surface area contributed by atoms with E-state index in [1.54, 1.807) is 14.2 Å². The van der Waals surface area contributed by atoms with Crippen LogP contribution in [0.1, 0.15) is 22.3 Å². The number of hydrogen-bond donors (Lipinski definition) is 2. The second kappa shape index (κ2) is 9.07. The molecule has 0 bridgehead atoms. The zero-order chi connectivity index (χ0) is 20.0. The summed E-state index contributed by atoms with van der Waals surface area (Å²) in [5, 5.41) is 5.34. The van der Waals surface area contributed by atoms with Crippen LogP contribution in [0.3, 0.4) is 0 Å². The van der Waals surface area contributed by atoms with E-state index in [9.17, 15) is 9.59 Å². The number of carbonyl (C=O) groups is 2. The van der Waals surface area contributed by atoms with Gasteiger partial charge in [0.2, 0.25) is 0 Å². The number of carbonyl (C=O) groups excluding carboxylic acids is 2. The Kier molecular flexibility index (Phi) is 6.82. The molecule has 2 N–H and O–H groups in total. The van der Waals surface area contributed by atoms with Crippen molar-refractivity contribution in [3.63, 3.8) is 0 Å². The van der Waals surface area contributed by atoms with Gasteiger partial charge in [0.25, 0.3) is 0 Å². The average molecular weight is 370 g/mol. The fourth-order valence-electron chi connectivity index (χ4n) is 2.98. The number of hydrogen-bond acceptors (Lipinski definition) is 4. The summed E-state index contributed by atoms with van der Waals surface area (Å²) in [6.45, 7) is 6.15. The van der Waals surface area contributed by atoms with E-state index in [0.717, 1.165) is 22.3 Å². The van der Waals surface area contributed by atoms with Crippen LogP contribution in [0.2, 0.25) is 0 Å². The van der Waals surface area contributed by atoms with Crippen LogP contribution in [0.5, 0.6) is 11.5 Å². The third kappa shape index (κ3) is 5.23. The number of benzene rings is 2. The Morgan fingerprint density at radius 2 is 1.52 bits per heavy atom. The van der Waals surface area contributed by atoms with Crippen LogP contribution in [-0.2, 0) is 16.0 Å². The van der Waals surface area contributed by atoms with Gasteiger partial charge in [0.15, 0.2) is 11.5 Å². The lowest BCUT2D eigenvalue weighted by Gasteiger charge is -2.13. The first-order chi connectivity index (χ1) is 12.8. The SMILES string of the molecule is COc1ccc(CCNC(=O)C(=O)Nc2c(C)cc(C)cc2C)cc1OC. The summed E-state index contributed by atoms with van der Waals surface area (Å²) < 4.78 is 10.5. The predicted octanol–water partition coefficient (Wildman–Crippen LogP) is 2.93. The van der Waals surface area contributed by atoms with Crippen molar-refractivity contribution in [1.82, 2.24) is 5.32 Å². The Hall–Kier alpha value is -3.02. The van der Waals surface area contributed by atoms with Gasteiger partial charge < -0.3 is 20.1 Å². The van der Waals surface area contributed by atoms with Gasteiger partial charge in [0, 0.05) is 12.2 Å². The first-order valence-electron chi connectivity index (χ1n) is 8.73. The molecule has 0 aliphatic rings. The van der Waals surface area contributed by atoms with Crippen LogP contribution >= 0.6 is 0 Å². The zero-order valence-electron chi connectivity index (χ0n) is 16.4. The molecule has 0 atom stereocenters. The minimum absolute atomic E-state index is 0.341. The fourth-order valence-corrected chi connectivity index (χ4v) is 2.98. The minimum atomic E-state index is -0.669. The van der Waals surface area contributed by atoms with Gasteiger partial charge in [-0.1, -0.05) is 23.8 Å². The van der Waals surface area contributed by atoms with Crippen LogP contribution in [0.25, 0.3) is 0 Å². The van der Waals surface area contributed by atoms with E-state index >= 15 is 0 Å². The average Bonchev–Trinajstić information content (AvgIpc) is 2.64. The molecule has 0 unspecified atom stereocenters. The number of amides is 2. The lowest BCUT2D eigenvalue weighted by atomic mass is 10.1. The van der Waals surface area contributed by atoms with E-state index in [2.05, 4.69) is 10.6 Å². The zero-order valence-corrected chi connectivity index (χ0v) is 16.4. The molecule has 0 aliphatic heterocycles. The summed E-state index contributed by atoms with van der Waals surface area (Å²) in [5.74, 6) is -0.0508. The summed E-state index contributed by atoms with van der Waals surface area (Å²) in [4.78, 5) is 24.3. The first-order valence-corrected chi connectivity index (χ1v) is 8.73. The summed E-state index contributed by atoms with van der Waals surface area (Å²) in [7, 11) is 3.15. The molecule has 0 spiro atoms. The summed E-state index contributed by atoms with van der Waals surface area (Å²) in [6.07, 6.45) is 0.571. The lowest BCUT2D eigenvalue weighted by Crippen LogP contribution is -2.36. The van der Waals surface area contributed by atoms with Gasteiger partial charge in [-0.25, -0.2) is 0 Å². The van der Waals surface area contributed by atoms with E-state index in [1.165, 1.54) is 0 Å². The highest BCUT2D eigenvalue weighted by molar-refractivity contribution is 6.39. The fraction of sp³-hybridized carbons (Fsp3) is 0.333. The van der Waals surface area contributed by atoms with E-state index in [0.29, 0.717) is 30.2 Å². The molecule has 0 saturated heterocycles. The Labute approximate surface area is 159 Å². The smallest absolute Gasteiger partial charge is 0.313 e. The first kappa shape index (κ1) is 20.3. The number of rotatable bonds is 6. The molecule has 2 rings (SSSR count). The normalized spacial score (nSPS) is 10.3. The highest BCUT2D eigenvalue weighted by atomic mass is 16.5. The quantitative estimate of drug-likeness (QED) is 0.767. The molecule has 27 heavy (non-hydrogen) atoms. The molecule has 0 fully saturated rings. The van der Waals surface area contributed by atoms with E-state index < -0.39 is 11.8 Å². The van der Waals surface area contributed by atoms with Gasteiger partial charge >= 0.3 is 11.8 Å². The number of aryl methyl sites for hydroxylation is 3. The van der Waals surface area contributed by atoms with Crippen molar-refractivity contribution in [2.45, 2.75) is 27.2 Å². The Balaban J connectivity index is 1.91. The van der Waals surface area contributed by atoms with Crippen LogP contribution in [0, 0.1) is 20.8 Å². The van der Waals surface area contributed by atoms with Crippen molar-refractivity contribution in [3.05, 3.63) is 52.6 Å². The minimum Gasteiger partial charge on any atom is -0.493 e. The highest BCUT2D eigenvalue weighted by Gasteiger charge is 2.16. The second-order valence-electron chi connectivity index (χ2n) is 6.42. The maximum Gasteiger partial charge on any atom is 0.313 e. The number of ether oxygens (including phenoxy) is 2. The Bertz CT molecular complexity index is 823. The van der Waals surface area contributed by atoms with Crippen LogP contribution in [0.4, 0.5) is 5.69 Å². The maximum absolute atomic E-state index is 12.2. The molecule has 2 amide bonds. The molecule has 2 aromatic carbocycles. The number of anilines is 1. The van der Waals surface area contributed by atoms with Crippen molar-refractivity contribution in [1.29, 1.82) is 0 Å². The van der Waals surface area contributed by atoms with Crippen LogP contribution in [-0.4, -0.2) is 32.6 Å². The van der Waals surface area contributed by atoms with Crippen molar-refractivity contribution < 1.29 is 19.1 Å². The topological polar surface area (TPSA) is 76.7 Å². The molecule has 0 saturated carbocycles. The van der Waals surface area contributed by atoms with Crippen molar-refractivity contribution in [2.24, 2.45) is 0 Å². The third-order valence-corrected chi connectivity index (χ3v) is 4.27. The largest absolute Gasteiger partial charge is 0.493 e. The molecule has 6 nitrogen and oxygen atoms in total. The molecular weight excluding hydrogens is 344 g/mol. The van der Waals surface area contributed by atoms with Crippen molar-refractivity contribution in [3.8, 4) is 11.5 Å². The number of nitrogens with one attached hydrogen (secondary N) is 2. The van der Waals surface area contributed by atoms with Gasteiger partial charge in [0.1, 0.15) is 0 Å². The molecule has 0 aliphatic carbocycles. The van der Waals surface area contributed by atoms with Crippen molar-refractivity contribution >= 4 is 17.5 Å². The van der Waals surface area contributed by atoms with Gasteiger partial charge in [-0.3, -0.25) is 9.59 Å². The Morgan fingerprint density at radius 1 is 0.889 bits per heavy atom. The molecule has 0 heterocycles. The van der Waals surface area contributed by atoms with Gasteiger partial charge in [0.05, 0.1) is 14.2 Å². The predicted molar refractivity (Wildman–Crippen MR) is 106 cm³/mol. The van der Waals surface area contributed by atoms with Gasteiger partial charge in [-0.05, 0) is 56.0 Å². The molecule has 2 aromatic rings. The summed E-state index contributed by atoms with van der Waals surface area (Å²) >= 11 is 0. The van der Waals surface area contributed by atoms with E-state index in [-0.39, 0.29) is 0 Å². The van der Waals surface area contributed by atoms with Gasteiger partial charge in [-0.2, -0.15) is 0 Å². The van der Waals surface area contributed by atoms with Crippen molar-refractivity contribution in [2.75, 3.05) is 26.1 Å². The molecule has 0 aromatic heterocycles. The number of methoxy groups -OCH3 is 2. The summed E-state index contributed by atoms with van der Waals surface area (Å²) in [6, 6.07) is 9.50. The second-order valence-corrected chi connectivity index (χ2v) is 6.42. The molecule has 0 radical (unpaired) electrons.